The zero-order valence-corrected chi connectivity index (χ0v) is 13.7. The Bertz CT molecular complexity index is 717. The molecule has 0 unspecified atom stereocenters. The molecule has 0 heterocycles. The summed E-state index contributed by atoms with van der Waals surface area (Å²) in [6.07, 6.45) is 0. The highest BCUT2D eigenvalue weighted by Gasteiger charge is 2.03. The van der Waals surface area contributed by atoms with Crippen molar-refractivity contribution in [1.82, 2.24) is 5.32 Å². The topological polar surface area (TPSA) is 79.5 Å². The molecule has 0 radical (unpaired) electrons. The van der Waals surface area contributed by atoms with E-state index in [1.165, 1.54) is 11.1 Å². The van der Waals surface area contributed by atoms with E-state index in [0.717, 1.165) is 11.3 Å². The predicted octanol–water partition coefficient (Wildman–Crippen LogP) is 2.59. The van der Waals surface area contributed by atoms with E-state index >= 15 is 0 Å². The van der Waals surface area contributed by atoms with Crippen molar-refractivity contribution in [2.24, 2.45) is 10.7 Å². The SMILES string of the molecule is CNC(=O)c1cccc(CN=C(N)Nc2cc(C)cc(C)c2)c1. The summed E-state index contributed by atoms with van der Waals surface area (Å²) in [6.45, 7) is 4.49. The molecule has 1 amide bonds. The van der Waals surface area contributed by atoms with E-state index < -0.39 is 0 Å². The maximum absolute atomic E-state index is 11.6. The van der Waals surface area contributed by atoms with Gasteiger partial charge in [-0.25, -0.2) is 4.99 Å². The minimum atomic E-state index is -0.114. The lowest BCUT2D eigenvalue weighted by Gasteiger charge is -2.08. The lowest BCUT2D eigenvalue weighted by molar-refractivity contribution is 0.0963. The van der Waals surface area contributed by atoms with Crippen molar-refractivity contribution in [3.05, 3.63) is 64.7 Å². The van der Waals surface area contributed by atoms with Crippen LogP contribution in [0, 0.1) is 13.8 Å². The van der Waals surface area contributed by atoms with Crippen LogP contribution in [0.25, 0.3) is 0 Å². The average Bonchev–Trinajstić information content (AvgIpc) is 2.51. The standard InChI is InChI=1S/C18H22N4O/c1-12-7-13(2)9-16(8-12)22-18(19)21-11-14-5-4-6-15(10-14)17(23)20-3/h4-10H,11H2,1-3H3,(H,20,23)(H3,19,21,22). The lowest BCUT2D eigenvalue weighted by Crippen LogP contribution is -2.22. The quantitative estimate of drug-likeness (QED) is 0.600. The number of guanidine groups is 1. The second-order valence-electron chi connectivity index (χ2n) is 5.48. The molecule has 0 aromatic heterocycles. The number of hydrogen-bond acceptors (Lipinski definition) is 2. The van der Waals surface area contributed by atoms with Gasteiger partial charge in [0.05, 0.1) is 6.54 Å². The largest absolute Gasteiger partial charge is 0.370 e. The summed E-state index contributed by atoms with van der Waals surface area (Å²) >= 11 is 0. The number of nitrogens with two attached hydrogens (primary N) is 1. The van der Waals surface area contributed by atoms with Crippen molar-refractivity contribution in [3.63, 3.8) is 0 Å². The van der Waals surface area contributed by atoms with Gasteiger partial charge in [-0.05, 0) is 54.8 Å². The molecule has 0 atom stereocenters. The number of anilines is 1. The Hall–Kier alpha value is -2.82. The fraction of sp³-hybridized carbons (Fsp3) is 0.222. The molecule has 0 aliphatic rings. The molecule has 4 N–H and O–H groups in total. The average molecular weight is 310 g/mol. The molecule has 2 aromatic carbocycles. The van der Waals surface area contributed by atoms with Crippen molar-refractivity contribution in [2.75, 3.05) is 12.4 Å². The number of benzene rings is 2. The fourth-order valence-corrected chi connectivity index (χ4v) is 2.37. The number of carbonyl (C=O) groups is 1. The molecular weight excluding hydrogens is 288 g/mol. The number of carbonyl (C=O) groups excluding carboxylic acids is 1. The maximum atomic E-state index is 11.6. The van der Waals surface area contributed by atoms with E-state index in [1.54, 1.807) is 13.1 Å². The molecule has 0 saturated carbocycles. The Morgan fingerprint density at radius 1 is 1.13 bits per heavy atom. The van der Waals surface area contributed by atoms with Crippen LogP contribution in [0.3, 0.4) is 0 Å². The molecule has 0 aliphatic carbocycles. The van der Waals surface area contributed by atoms with Crippen LogP contribution in [0.5, 0.6) is 0 Å². The van der Waals surface area contributed by atoms with Gasteiger partial charge in [-0.1, -0.05) is 18.2 Å². The number of aryl methyl sites for hydroxylation is 2. The Morgan fingerprint density at radius 2 is 1.83 bits per heavy atom. The van der Waals surface area contributed by atoms with Gasteiger partial charge >= 0.3 is 0 Å². The van der Waals surface area contributed by atoms with Gasteiger partial charge in [0.25, 0.3) is 5.91 Å². The summed E-state index contributed by atoms with van der Waals surface area (Å²) < 4.78 is 0. The van der Waals surface area contributed by atoms with Gasteiger partial charge < -0.3 is 16.4 Å². The third kappa shape index (κ3) is 4.85. The van der Waals surface area contributed by atoms with Gasteiger partial charge in [-0.2, -0.15) is 0 Å². The van der Waals surface area contributed by atoms with E-state index in [1.807, 2.05) is 44.2 Å². The van der Waals surface area contributed by atoms with E-state index in [0.29, 0.717) is 18.1 Å². The van der Waals surface area contributed by atoms with E-state index in [9.17, 15) is 4.79 Å². The Morgan fingerprint density at radius 3 is 2.48 bits per heavy atom. The first-order chi connectivity index (χ1) is 11.0. The monoisotopic (exact) mass is 310 g/mol. The first-order valence-electron chi connectivity index (χ1n) is 7.44. The summed E-state index contributed by atoms with van der Waals surface area (Å²) in [7, 11) is 1.61. The van der Waals surface area contributed by atoms with Crippen LogP contribution in [-0.4, -0.2) is 18.9 Å². The number of hydrogen-bond donors (Lipinski definition) is 3. The summed E-state index contributed by atoms with van der Waals surface area (Å²) in [5.41, 5.74) is 10.7. The van der Waals surface area contributed by atoms with E-state index in [-0.39, 0.29) is 5.91 Å². The van der Waals surface area contributed by atoms with Gasteiger partial charge in [0.15, 0.2) is 5.96 Å². The van der Waals surface area contributed by atoms with Crippen molar-refractivity contribution in [3.8, 4) is 0 Å². The highest BCUT2D eigenvalue weighted by Crippen LogP contribution is 2.13. The van der Waals surface area contributed by atoms with Gasteiger partial charge in [-0.3, -0.25) is 4.79 Å². The molecule has 0 spiro atoms. The number of rotatable bonds is 4. The van der Waals surface area contributed by atoms with Crippen molar-refractivity contribution in [1.29, 1.82) is 0 Å². The predicted molar refractivity (Wildman–Crippen MR) is 94.7 cm³/mol. The molecule has 120 valence electrons. The van der Waals surface area contributed by atoms with Gasteiger partial charge in [0.2, 0.25) is 0 Å². The summed E-state index contributed by atoms with van der Waals surface area (Å²) in [5, 5.41) is 5.70. The normalized spacial score (nSPS) is 11.2. The molecule has 0 saturated heterocycles. The molecule has 0 fully saturated rings. The van der Waals surface area contributed by atoms with Gasteiger partial charge in [-0.15, -0.1) is 0 Å². The summed E-state index contributed by atoms with van der Waals surface area (Å²) in [4.78, 5) is 16.0. The minimum Gasteiger partial charge on any atom is -0.370 e. The van der Waals surface area contributed by atoms with E-state index in [4.69, 9.17) is 5.73 Å². The molecule has 2 aromatic rings. The van der Waals surface area contributed by atoms with Crippen LogP contribution in [0.1, 0.15) is 27.0 Å². The third-order valence-corrected chi connectivity index (χ3v) is 3.34. The smallest absolute Gasteiger partial charge is 0.251 e. The van der Waals surface area contributed by atoms with Gasteiger partial charge in [0, 0.05) is 18.3 Å². The fourth-order valence-electron chi connectivity index (χ4n) is 2.37. The Labute approximate surface area is 136 Å². The highest BCUT2D eigenvalue weighted by molar-refractivity contribution is 5.94. The maximum Gasteiger partial charge on any atom is 0.251 e. The van der Waals surface area contributed by atoms with Crippen LogP contribution in [0.4, 0.5) is 5.69 Å². The molecule has 5 nitrogen and oxygen atoms in total. The summed E-state index contributed by atoms with van der Waals surface area (Å²) in [5.74, 6) is 0.234. The van der Waals surface area contributed by atoms with Crippen LogP contribution >= 0.6 is 0 Å². The second-order valence-corrected chi connectivity index (χ2v) is 5.48. The van der Waals surface area contributed by atoms with Crippen molar-refractivity contribution >= 4 is 17.6 Å². The van der Waals surface area contributed by atoms with Crippen LogP contribution in [-0.2, 0) is 6.54 Å². The zero-order valence-electron chi connectivity index (χ0n) is 13.7. The van der Waals surface area contributed by atoms with Crippen LogP contribution in [0.2, 0.25) is 0 Å². The molecular formula is C18H22N4O. The Balaban J connectivity index is 2.06. The first kappa shape index (κ1) is 16.5. The molecule has 2 rings (SSSR count). The number of aliphatic imine (C=N–C) groups is 1. The van der Waals surface area contributed by atoms with Crippen LogP contribution < -0.4 is 16.4 Å². The first-order valence-corrected chi connectivity index (χ1v) is 7.44. The minimum absolute atomic E-state index is 0.114. The van der Waals surface area contributed by atoms with Crippen molar-refractivity contribution in [2.45, 2.75) is 20.4 Å². The molecule has 5 heteroatoms. The number of nitrogens with one attached hydrogen (secondary N) is 2. The molecule has 0 aliphatic heterocycles. The third-order valence-electron chi connectivity index (χ3n) is 3.34. The molecule has 0 bridgehead atoms. The second kappa shape index (κ2) is 7.45. The highest BCUT2D eigenvalue weighted by atomic mass is 16.1. The summed E-state index contributed by atoms with van der Waals surface area (Å²) in [6, 6.07) is 13.5. The number of amides is 1. The Kier molecular flexibility index (Phi) is 5.36. The van der Waals surface area contributed by atoms with E-state index in [2.05, 4.69) is 21.7 Å². The zero-order chi connectivity index (χ0) is 16.8. The van der Waals surface area contributed by atoms with Gasteiger partial charge in [0.1, 0.15) is 0 Å². The van der Waals surface area contributed by atoms with Crippen molar-refractivity contribution < 1.29 is 4.79 Å². The number of nitrogens with zero attached hydrogens (tertiary/aromatic N) is 1. The van der Waals surface area contributed by atoms with Crippen LogP contribution in [0.15, 0.2) is 47.5 Å². The lowest BCUT2D eigenvalue weighted by atomic mass is 10.1. The molecule has 23 heavy (non-hydrogen) atoms.